The second kappa shape index (κ2) is 7.97. The van der Waals surface area contributed by atoms with Crippen LogP contribution in [0, 0.1) is 0 Å². The maximum Gasteiger partial charge on any atom is 0.300 e. The lowest BCUT2D eigenvalue weighted by Gasteiger charge is -2.25. The number of hydrogen-bond donors (Lipinski definition) is 2. The molecule has 0 spiro atoms. The average Bonchev–Trinajstić information content (AvgIpc) is 2.06. The lowest BCUT2D eigenvalue weighted by Crippen LogP contribution is -2.37. The predicted octanol–water partition coefficient (Wildman–Crippen LogP) is -0.598. The highest BCUT2D eigenvalue weighted by atomic mass is 16.5. The van der Waals surface area contributed by atoms with Crippen LogP contribution in [0.5, 0.6) is 0 Å². The Morgan fingerprint density at radius 1 is 1.46 bits per heavy atom. The largest absolute Gasteiger partial charge is 0.481 e. The number of rotatable bonds is 2. The second-order valence-corrected chi connectivity index (χ2v) is 2.70. The van der Waals surface area contributed by atoms with Gasteiger partial charge in [0.1, 0.15) is 0 Å². The van der Waals surface area contributed by atoms with Crippen LogP contribution in [-0.4, -0.2) is 60.5 Å². The number of carboxylic acids is 1. The monoisotopic (exact) mass is 191 g/mol. The Morgan fingerprint density at radius 2 is 1.92 bits per heavy atom. The first-order chi connectivity index (χ1) is 6.16. The van der Waals surface area contributed by atoms with Gasteiger partial charge in [-0.15, -0.1) is 0 Å². The minimum absolute atomic E-state index is 0.264. The first-order valence-corrected chi connectivity index (χ1v) is 4.27. The van der Waals surface area contributed by atoms with Crippen molar-refractivity contribution in [2.45, 2.75) is 6.92 Å². The zero-order chi connectivity index (χ0) is 10.1. The third-order valence-electron chi connectivity index (χ3n) is 1.52. The maximum absolute atomic E-state index is 9.00. The zero-order valence-electron chi connectivity index (χ0n) is 7.90. The summed E-state index contributed by atoms with van der Waals surface area (Å²) in [7, 11) is 0. The van der Waals surface area contributed by atoms with E-state index in [0.29, 0.717) is 0 Å². The van der Waals surface area contributed by atoms with Gasteiger partial charge in [-0.25, -0.2) is 0 Å². The molecule has 0 radical (unpaired) electrons. The number of hydrogen-bond acceptors (Lipinski definition) is 4. The van der Waals surface area contributed by atoms with E-state index in [1.54, 1.807) is 0 Å². The fourth-order valence-corrected chi connectivity index (χ4v) is 0.966. The molecule has 5 heteroatoms. The minimum atomic E-state index is -0.833. The molecule has 0 bridgehead atoms. The smallest absolute Gasteiger partial charge is 0.300 e. The fourth-order valence-electron chi connectivity index (χ4n) is 0.966. The SMILES string of the molecule is CC(=O)O.OCCN1CCOCC1. The van der Waals surface area contributed by atoms with Gasteiger partial charge < -0.3 is 14.9 Å². The summed E-state index contributed by atoms with van der Waals surface area (Å²) in [4.78, 5) is 11.2. The Balaban J connectivity index is 0.000000310. The highest BCUT2D eigenvalue weighted by Gasteiger charge is 2.07. The van der Waals surface area contributed by atoms with Crippen LogP contribution in [0.2, 0.25) is 0 Å². The summed E-state index contributed by atoms with van der Waals surface area (Å²) >= 11 is 0. The van der Waals surface area contributed by atoms with Gasteiger partial charge in [0, 0.05) is 26.6 Å². The average molecular weight is 191 g/mol. The predicted molar refractivity (Wildman–Crippen MR) is 47.7 cm³/mol. The van der Waals surface area contributed by atoms with Crippen molar-refractivity contribution in [1.82, 2.24) is 4.90 Å². The lowest BCUT2D eigenvalue weighted by molar-refractivity contribution is -0.134. The van der Waals surface area contributed by atoms with Crippen LogP contribution in [-0.2, 0) is 9.53 Å². The van der Waals surface area contributed by atoms with Gasteiger partial charge in [0.25, 0.3) is 5.97 Å². The van der Waals surface area contributed by atoms with Crippen LogP contribution in [0.25, 0.3) is 0 Å². The van der Waals surface area contributed by atoms with Gasteiger partial charge in [0.15, 0.2) is 0 Å². The van der Waals surface area contributed by atoms with E-state index >= 15 is 0 Å². The number of β-amino-alcohol motifs (C(OH)–C–C–N with tert-alkyl or cyclic N) is 1. The number of carboxylic acid groups (broad SMARTS) is 1. The van der Waals surface area contributed by atoms with Gasteiger partial charge in [-0.3, -0.25) is 9.69 Å². The molecule has 0 aromatic carbocycles. The van der Waals surface area contributed by atoms with E-state index < -0.39 is 5.97 Å². The number of ether oxygens (including phenoxy) is 1. The van der Waals surface area contributed by atoms with Crippen molar-refractivity contribution in [2.24, 2.45) is 0 Å². The van der Waals surface area contributed by atoms with Crippen LogP contribution >= 0.6 is 0 Å². The van der Waals surface area contributed by atoms with Crippen LogP contribution in [0.15, 0.2) is 0 Å². The molecule has 0 unspecified atom stereocenters. The molecule has 1 aliphatic rings. The molecule has 1 rings (SSSR count). The summed E-state index contributed by atoms with van der Waals surface area (Å²) < 4.78 is 5.12. The van der Waals surface area contributed by atoms with E-state index in [1.165, 1.54) is 0 Å². The number of nitrogens with zero attached hydrogens (tertiary/aromatic N) is 1. The van der Waals surface area contributed by atoms with Crippen LogP contribution in [0.3, 0.4) is 0 Å². The Hall–Kier alpha value is -0.650. The van der Waals surface area contributed by atoms with Crippen molar-refractivity contribution in [3.8, 4) is 0 Å². The quantitative estimate of drug-likeness (QED) is 0.610. The molecule has 78 valence electrons. The summed E-state index contributed by atoms with van der Waals surface area (Å²) in [6.45, 7) is 5.73. The van der Waals surface area contributed by atoms with Crippen molar-refractivity contribution in [1.29, 1.82) is 0 Å². The summed E-state index contributed by atoms with van der Waals surface area (Å²) in [6, 6.07) is 0. The van der Waals surface area contributed by atoms with Gasteiger partial charge in [-0.2, -0.15) is 0 Å². The molecule has 0 saturated carbocycles. The third kappa shape index (κ3) is 9.26. The third-order valence-corrected chi connectivity index (χ3v) is 1.52. The highest BCUT2D eigenvalue weighted by molar-refractivity contribution is 5.62. The zero-order valence-corrected chi connectivity index (χ0v) is 7.90. The molecule has 1 saturated heterocycles. The topological polar surface area (TPSA) is 70.0 Å². The Kier molecular flexibility index (Phi) is 7.57. The highest BCUT2D eigenvalue weighted by Crippen LogP contribution is 1.93. The standard InChI is InChI=1S/C6H13NO2.C2H4O2/c8-4-1-7-2-5-9-6-3-7;1-2(3)4/h8H,1-6H2;1H3,(H,3,4). The second-order valence-electron chi connectivity index (χ2n) is 2.70. The number of morpholine rings is 1. The molecular formula is C8H17NO4. The molecule has 5 nitrogen and oxygen atoms in total. The molecule has 0 aromatic rings. The van der Waals surface area contributed by atoms with Crippen molar-refractivity contribution < 1.29 is 19.7 Å². The molecule has 0 aromatic heterocycles. The van der Waals surface area contributed by atoms with E-state index in [9.17, 15) is 0 Å². The number of carbonyl (C=O) groups is 1. The van der Waals surface area contributed by atoms with Gasteiger partial charge in [-0.1, -0.05) is 0 Å². The van der Waals surface area contributed by atoms with Gasteiger partial charge >= 0.3 is 0 Å². The molecule has 0 atom stereocenters. The van der Waals surface area contributed by atoms with Crippen molar-refractivity contribution in [3.63, 3.8) is 0 Å². The molecular weight excluding hydrogens is 174 g/mol. The van der Waals surface area contributed by atoms with Gasteiger partial charge in [0.2, 0.25) is 0 Å². The Labute approximate surface area is 77.9 Å². The van der Waals surface area contributed by atoms with E-state index in [4.69, 9.17) is 19.7 Å². The van der Waals surface area contributed by atoms with Crippen molar-refractivity contribution in [2.75, 3.05) is 39.5 Å². The molecule has 1 fully saturated rings. The first-order valence-electron chi connectivity index (χ1n) is 4.27. The molecule has 0 aliphatic carbocycles. The van der Waals surface area contributed by atoms with Crippen molar-refractivity contribution in [3.05, 3.63) is 0 Å². The Morgan fingerprint density at radius 3 is 2.31 bits per heavy atom. The van der Waals surface area contributed by atoms with Crippen LogP contribution in [0.4, 0.5) is 0 Å². The molecule has 13 heavy (non-hydrogen) atoms. The van der Waals surface area contributed by atoms with E-state index in [-0.39, 0.29) is 6.61 Å². The molecule has 0 amide bonds. The summed E-state index contributed by atoms with van der Waals surface area (Å²) in [5.41, 5.74) is 0. The summed E-state index contributed by atoms with van der Waals surface area (Å²) in [6.07, 6.45) is 0. The molecule has 1 heterocycles. The van der Waals surface area contributed by atoms with Crippen LogP contribution < -0.4 is 0 Å². The summed E-state index contributed by atoms with van der Waals surface area (Å²) in [5.74, 6) is -0.833. The Bertz CT molecular complexity index is 127. The number of aliphatic carboxylic acids is 1. The maximum atomic E-state index is 9.00. The first kappa shape index (κ1) is 12.3. The van der Waals surface area contributed by atoms with E-state index in [2.05, 4.69) is 4.90 Å². The van der Waals surface area contributed by atoms with Crippen LogP contribution in [0.1, 0.15) is 6.92 Å². The minimum Gasteiger partial charge on any atom is -0.481 e. The normalized spacial score (nSPS) is 17.4. The summed E-state index contributed by atoms with van der Waals surface area (Å²) in [5, 5.41) is 16.0. The number of aliphatic hydroxyl groups is 1. The van der Waals surface area contributed by atoms with Gasteiger partial charge in [-0.05, 0) is 0 Å². The molecule has 2 N–H and O–H groups in total. The number of aliphatic hydroxyl groups excluding tert-OH is 1. The van der Waals surface area contributed by atoms with Gasteiger partial charge in [0.05, 0.1) is 19.8 Å². The fraction of sp³-hybridized carbons (Fsp3) is 0.875. The van der Waals surface area contributed by atoms with E-state index in [0.717, 1.165) is 39.8 Å². The molecule has 1 aliphatic heterocycles. The van der Waals surface area contributed by atoms with E-state index in [1.807, 2.05) is 0 Å². The van der Waals surface area contributed by atoms with Crippen molar-refractivity contribution >= 4 is 5.97 Å². The lowest BCUT2D eigenvalue weighted by atomic mass is 10.4.